The maximum Gasteiger partial charge on any atom is 0.308 e. The van der Waals surface area contributed by atoms with Crippen LogP contribution in [0, 0.1) is 20.2 Å². The van der Waals surface area contributed by atoms with Gasteiger partial charge < -0.3 is 15.0 Å². The molecule has 37 heavy (non-hydrogen) atoms. The predicted octanol–water partition coefficient (Wildman–Crippen LogP) is 4.30. The van der Waals surface area contributed by atoms with E-state index in [1.807, 2.05) is 0 Å². The van der Waals surface area contributed by atoms with Gasteiger partial charge in [0.15, 0.2) is 0 Å². The summed E-state index contributed by atoms with van der Waals surface area (Å²) in [6, 6.07) is 1.41. The van der Waals surface area contributed by atoms with Gasteiger partial charge in [-0.05, 0) is 6.42 Å². The Morgan fingerprint density at radius 3 is 2.03 bits per heavy atom. The van der Waals surface area contributed by atoms with E-state index in [-0.39, 0.29) is 31.7 Å². The van der Waals surface area contributed by atoms with Crippen molar-refractivity contribution in [2.24, 2.45) is 0 Å². The van der Waals surface area contributed by atoms with Crippen LogP contribution in [-0.4, -0.2) is 58.3 Å². The molecule has 1 saturated heterocycles. The van der Waals surface area contributed by atoms with Gasteiger partial charge in [0.05, 0.1) is 34.5 Å². The molecule has 1 aromatic rings. The summed E-state index contributed by atoms with van der Waals surface area (Å²) < 4.78 is 5.26. The smallest absolute Gasteiger partial charge is 0.308 e. The van der Waals surface area contributed by atoms with Gasteiger partial charge in [-0.2, -0.15) is 0 Å². The summed E-state index contributed by atoms with van der Waals surface area (Å²) >= 11 is 0. The molecule has 12 nitrogen and oxygen atoms in total. The molecule has 1 atom stereocenters. The highest BCUT2D eigenvalue weighted by Crippen LogP contribution is 2.25. The molecule has 1 unspecified atom stereocenters. The zero-order chi connectivity index (χ0) is 27.2. The number of hydrogen-bond acceptors (Lipinski definition) is 8. The number of benzene rings is 1. The Bertz CT molecular complexity index is 936. The Morgan fingerprint density at radius 2 is 1.49 bits per heavy atom. The van der Waals surface area contributed by atoms with E-state index < -0.39 is 45.0 Å². The second kappa shape index (κ2) is 15.5. The van der Waals surface area contributed by atoms with Crippen molar-refractivity contribution in [3.05, 3.63) is 44.0 Å². The van der Waals surface area contributed by atoms with E-state index in [4.69, 9.17) is 4.74 Å². The average molecular weight is 521 g/mol. The van der Waals surface area contributed by atoms with Crippen LogP contribution in [0.4, 0.5) is 11.4 Å². The average Bonchev–Trinajstić information content (AvgIpc) is 2.87. The molecule has 1 aliphatic rings. The number of rotatable bonds is 16. The van der Waals surface area contributed by atoms with Crippen LogP contribution < -0.4 is 5.32 Å². The van der Waals surface area contributed by atoms with Crippen LogP contribution in [0.25, 0.3) is 0 Å². The fourth-order valence-corrected chi connectivity index (χ4v) is 4.25. The number of ether oxygens (including phenoxy) is 1. The van der Waals surface area contributed by atoms with Gasteiger partial charge in [0, 0.05) is 25.2 Å². The van der Waals surface area contributed by atoms with E-state index in [1.165, 1.54) is 38.5 Å². The van der Waals surface area contributed by atoms with Crippen LogP contribution >= 0.6 is 0 Å². The highest BCUT2D eigenvalue weighted by Gasteiger charge is 2.36. The Balaban J connectivity index is 1.87. The second-order valence-electron chi connectivity index (χ2n) is 9.16. The number of piperazine rings is 1. The third-order valence-electron chi connectivity index (χ3n) is 6.28. The van der Waals surface area contributed by atoms with E-state index in [1.54, 1.807) is 0 Å². The number of nitrogens with zero attached hydrogens (tertiary/aromatic N) is 3. The zero-order valence-electron chi connectivity index (χ0n) is 21.3. The number of esters is 1. The van der Waals surface area contributed by atoms with Crippen molar-refractivity contribution in [1.82, 2.24) is 10.2 Å². The first-order chi connectivity index (χ1) is 17.7. The topological polar surface area (TPSA) is 162 Å². The predicted molar refractivity (Wildman–Crippen MR) is 135 cm³/mol. The highest BCUT2D eigenvalue weighted by atomic mass is 16.6. The fraction of sp³-hybridized carbons (Fsp3) is 0.640. The molecule has 0 bridgehead atoms. The molecule has 1 aliphatic heterocycles. The molecular formula is C25H36N4O8. The van der Waals surface area contributed by atoms with Crippen LogP contribution in [0.1, 0.15) is 87.9 Å². The van der Waals surface area contributed by atoms with Crippen molar-refractivity contribution >= 4 is 29.2 Å². The summed E-state index contributed by atoms with van der Waals surface area (Å²) in [6.07, 6.45) is 11.0. The molecule has 2 amide bonds. The van der Waals surface area contributed by atoms with Crippen molar-refractivity contribution in [2.75, 3.05) is 19.7 Å². The van der Waals surface area contributed by atoms with Gasteiger partial charge in [0.2, 0.25) is 5.91 Å². The molecule has 2 rings (SSSR count). The van der Waals surface area contributed by atoms with Crippen LogP contribution in [0.2, 0.25) is 0 Å². The molecule has 0 saturated carbocycles. The molecule has 204 valence electrons. The van der Waals surface area contributed by atoms with Gasteiger partial charge in [-0.25, -0.2) is 0 Å². The summed E-state index contributed by atoms with van der Waals surface area (Å²) in [7, 11) is 0. The molecule has 1 aromatic carbocycles. The molecule has 12 heteroatoms. The molecule has 1 fully saturated rings. The van der Waals surface area contributed by atoms with Crippen molar-refractivity contribution in [3.8, 4) is 0 Å². The number of non-ortho nitro benzene ring substituents is 2. The molecule has 0 aromatic heterocycles. The minimum absolute atomic E-state index is 0.0391. The number of nitrogens with one attached hydrogen (secondary N) is 1. The number of carbonyl (C=O) groups is 3. The highest BCUT2D eigenvalue weighted by molar-refractivity contribution is 6.00. The second-order valence-corrected chi connectivity index (χ2v) is 9.16. The molecule has 0 spiro atoms. The van der Waals surface area contributed by atoms with E-state index in [9.17, 15) is 34.6 Å². The first kappa shape index (κ1) is 29.7. The SMILES string of the molecule is CCCCCCCCCCCCOC(=O)CC1C(=O)NCCN1C(=O)c1cc([N+](=O)[O-])cc([N+](=O)[O-])c1. The minimum atomic E-state index is -1.18. The van der Waals surface area contributed by atoms with Gasteiger partial charge in [-0.3, -0.25) is 34.6 Å². The standard InChI is InChI=1S/C25H36N4O8/c1-2-3-4-5-6-7-8-9-10-11-14-37-23(30)18-22-24(31)26-12-13-27(22)25(32)19-15-20(28(33)34)17-21(16-19)29(35)36/h15-17,22H,2-14,18H2,1H3,(H,26,31). The van der Waals surface area contributed by atoms with Crippen LogP contribution in [-0.2, 0) is 14.3 Å². The summed E-state index contributed by atoms with van der Waals surface area (Å²) in [5.41, 5.74) is -1.54. The maximum absolute atomic E-state index is 13.1. The first-order valence-electron chi connectivity index (χ1n) is 12.9. The number of hydrogen-bond donors (Lipinski definition) is 1. The van der Waals surface area contributed by atoms with E-state index >= 15 is 0 Å². The fourth-order valence-electron chi connectivity index (χ4n) is 4.25. The first-order valence-corrected chi connectivity index (χ1v) is 12.9. The summed E-state index contributed by atoms with van der Waals surface area (Å²) in [5.74, 6) is -2.01. The third-order valence-corrected chi connectivity index (χ3v) is 6.28. The van der Waals surface area contributed by atoms with Gasteiger partial charge in [-0.15, -0.1) is 0 Å². The van der Waals surface area contributed by atoms with E-state index in [0.717, 1.165) is 42.4 Å². The zero-order valence-corrected chi connectivity index (χ0v) is 21.3. The van der Waals surface area contributed by atoms with Crippen LogP contribution in [0.3, 0.4) is 0 Å². The number of amides is 2. The monoisotopic (exact) mass is 520 g/mol. The van der Waals surface area contributed by atoms with E-state index in [2.05, 4.69) is 12.2 Å². The van der Waals surface area contributed by atoms with Gasteiger partial charge in [-0.1, -0.05) is 64.7 Å². The summed E-state index contributed by atoms with van der Waals surface area (Å²) in [5, 5.41) is 24.9. The number of nitro groups is 2. The lowest BCUT2D eigenvalue weighted by atomic mass is 10.1. The molecular weight excluding hydrogens is 484 g/mol. The van der Waals surface area contributed by atoms with Crippen molar-refractivity contribution < 1.29 is 29.0 Å². The van der Waals surface area contributed by atoms with Crippen molar-refractivity contribution in [2.45, 2.75) is 83.6 Å². The Hall–Kier alpha value is -3.57. The normalized spacial score (nSPS) is 15.2. The largest absolute Gasteiger partial charge is 0.466 e. The minimum Gasteiger partial charge on any atom is -0.466 e. The summed E-state index contributed by atoms with van der Waals surface area (Å²) in [4.78, 5) is 59.7. The molecule has 0 radical (unpaired) electrons. The lowest BCUT2D eigenvalue weighted by molar-refractivity contribution is -0.394. The van der Waals surface area contributed by atoms with Crippen LogP contribution in [0.15, 0.2) is 18.2 Å². The Morgan fingerprint density at radius 1 is 0.946 bits per heavy atom. The lowest BCUT2D eigenvalue weighted by Gasteiger charge is -2.34. The van der Waals surface area contributed by atoms with Crippen molar-refractivity contribution in [3.63, 3.8) is 0 Å². The molecule has 1 heterocycles. The van der Waals surface area contributed by atoms with Gasteiger partial charge in [0.25, 0.3) is 17.3 Å². The molecule has 1 N–H and O–H groups in total. The Labute approximate surface area is 216 Å². The number of nitro benzene ring substituents is 2. The maximum atomic E-state index is 13.1. The quantitative estimate of drug-likeness (QED) is 0.146. The molecule has 0 aliphatic carbocycles. The van der Waals surface area contributed by atoms with Gasteiger partial charge in [0.1, 0.15) is 6.04 Å². The van der Waals surface area contributed by atoms with Gasteiger partial charge >= 0.3 is 5.97 Å². The number of unbranched alkanes of at least 4 members (excludes halogenated alkanes) is 9. The lowest BCUT2D eigenvalue weighted by Crippen LogP contribution is -2.57. The van der Waals surface area contributed by atoms with Crippen LogP contribution in [0.5, 0.6) is 0 Å². The third kappa shape index (κ3) is 9.77. The van der Waals surface area contributed by atoms with E-state index in [0.29, 0.717) is 6.42 Å². The Kier molecular flexibility index (Phi) is 12.4. The van der Waals surface area contributed by atoms with Crippen molar-refractivity contribution in [1.29, 1.82) is 0 Å². The number of carbonyl (C=O) groups excluding carboxylic acids is 3. The summed E-state index contributed by atoms with van der Waals surface area (Å²) in [6.45, 7) is 2.57.